The van der Waals surface area contributed by atoms with E-state index in [0.29, 0.717) is 16.6 Å². The van der Waals surface area contributed by atoms with Gasteiger partial charge in [-0.2, -0.15) is 13.2 Å². The molecule has 102 valence electrons. The van der Waals surface area contributed by atoms with Crippen LogP contribution < -0.4 is 16.4 Å². The van der Waals surface area contributed by atoms with E-state index in [1.807, 2.05) is 0 Å². The van der Waals surface area contributed by atoms with E-state index >= 15 is 0 Å². The Bertz CT molecular complexity index is 656. The molecule has 1 aromatic rings. The Morgan fingerprint density at radius 1 is 1.47 bits per heavy atom. The summed E-state index contributed by atoms with van der Waals surface area (Å²) in [5, 5.41) is 8.87. The zero-order valence-corrected chi connectivity index (χ0v) is 11.1. The summed E-state index contributed by atoms with van der Waals surface area (Å²) in [7, 11) is 0. The molecule has 0 saturated heterocycles. The van der Waals surface area contributed by atoms with Gasteiger partial charge in [-0.05, 0) is 12.1 Å². The van der Waals surface area contributed by atoms with Crippen molar-refractivity contribution in [2.24, 2.45) is 5.84 Å². The van der Waals surface area contributed by atoms with Crippen LogP contribution in [0.5, 0.6) is 0 Å². The number of nitrogens with two attached hydrogens (primary N) is 1. The van der Waals surface area contributed by atoms with E-state index in [2.05, 4.69) is 20.9 Å². The predicted molar refractivity (Wildman–Crippen MR) is 69.4 cm³/mol. The minimum atomic E-state index is -4.78. The lowest BCUT2D eigenvalue weighted by Crippen LogP contribution is -2.44. The number of amidine groups is 1. The predicted octanol–water partition coefficient (Wildman–Crippen LogP) is 1.30. The van der Waals surface area contributed by atoms with Gasteiger partial charge in [0.15, 0.2) is 0 Å². The first-order chi connectivity index (χ1) is 8.80. The van der Waals surface area contributed by atoms with Crippen molar-refractivity contribution in [2.45, 2.75) is 12.6 Å². The first kappa shape index (κ1) is 13.9. The van der Waals surface area contributed by atoms with Crippen LogP contribution in [0.1, 0.15) is 6.42 Å². The first-order valence-corrected chi connectivity index (χ1v) is 6.04. The van der Waals surface area contributed by atoms with Gasteiger partial charge in [0, 0.05) is 22.3 Å². The molecule has 0 fully saturated rings. The summed E-state index contributed by atoms with van der Waals surface area (Å²) in [6.45, 7) is 0. The van der Waals surface area contributed by atoms with Crippen molar-refractivity contribution in [2.75, 3.05) is 0 Å². The van der Waals surface area contributed by atoms with Gasteiger partial charge in [-0.1, -0.05) is 22.0 Å². The lowest BCUT2D eigenvalue weighted by molar-refractivity contribution is -0.0682. The number of H-pyrrole nitrogens is 1. The van der Waals surface area contributed by atoms with Crippen LogP contribution in [0.2, 0.25) is 0 Å². The van der Waals surface area contributed by atoms with Crippen molar-refractivity contribution in [3.05, 3.63) is 34.6 Å². The zero-order valence-electron chi connectivity index (χ0n) is 9.55. The SMILES string of the molecule is N=C(N(N)C1=CCC(Br)=c2[nH]ccc2=C1)C(F)(F)F. The van der Waals surface area contributed by atoms with Crippen molar-refractivity contribution < 1.29 is 13.2 Å². The van der Waals surface area contributed by atoms with Crippen LogP contribution in [0.4, 0.5) is 13.2 Å². The number of hydrazine groups is 1. The maximum absolute atomic E-state index is 12.5. The molecule has 0 spiro atoms. The average molecular weight is 335 g/mol. The highest BCUT2D eigenvalue weighted by atomic mass is 79.9. The lowest BCUT2D eigenvalue weighted by Gasteiger charge is -2.21. The number of aromatic amines is 1. The van der Waals surface area contributed by atoms with Crippen molar-refractivity contribution in [3.8, 4) is 0 Å². The Hall–Kier alpha value is -1.54. The third kappa shape index (κ3) is 2.74. The molecule has 0 saturated carbocycles. The van der Waals surface area contributed by atoms with Crippen molar-refractivity contribution in [1.29, 1.82) is 5.41 Å². The highest BCUT2D eigenvalue weighted by Gasteiger charge is 2.38. The van der Waals surface area contributed by atoms with Crippen molar-refractivity contribution in [3.63, 3.8) is 0 Å². The second kappa shape index (κ2) is 4.86. The molecule has 0 bridgehead atoms. The maximum atomic E-state index is 12.5. The standard InChI is InChI=1S/C11H10BrF3N4/c12-8-2-1-7(5-6-3-4-18-9(6)8)19(17)10(16)11(13,14)15/h1,3-5,16,18H,2,17H2. The number of nitrogens with one attached hydrogen (secondary N) is 2. The van der Waals surface area contributed by atoms with E-state index in [0.717, 1.165) is 9.83 Å². The molecule has 1 aromatic heterocycles. The largest absolute Gasteiger partial charge is 0.450 e. The molecule has 8 heteroatoms. The summed E-state index contributed by atoms with van der Waals surface area (Å²) in [5.74, 6) is 3.77. The highest BCUT2D eigenvalue weighted by molar-refractivity contribution is 9.14. The van der Waals surface area contributed by atoms with Crippen molar-refractivity contribution >= 4 is 32.3 Å². The average Bonchev–Trinajstić information content (AvgIpc) is 2.73. The van der Waals surface area contributed by atoms with Gasteiger partial charge >= 0.3 is 6.18 Å². The van der Waals surface area contributed by atoms with E-state index in [9.17, 15) is 13.2 Å². The van der Waals surface area contributed by atoms with Gasteiger partial charge in [0.05, 0.1) is 11.0 Å². The number of nitrogens with zero attached hydrogens (tertiary/aromatic N) is 1. The Balaban J connectivity index is 2.42. The fourth-order valence-corrected chi connectivity index (χ4v) is 2.19. The van der Waals surface area contributed by atoms with Crippen LogP contribution in [0.25, 0.3) is 10.6 Å². The summed E-state index contributed by atoms with van der Waals surface area (Å²) in [6.07, 6.45) is 0.315. The van der Waals surface area contributed by atoms with Gasteiger partial charge in [-0.25, -0.2) is 5.84 Å². The third-order valence-electron chi connectivity index (χ3n) is 2.63. The second-order valence-electron chi connectivity index (χ2n) is 3.91. The van der Waals surface area contributed by atoms with E-state index in [1.54, 1.807) is 12.3 Å². The van der Waals surface area contributed by atoms with Gasteiger partial charge in [0.25, 0.3) is 0 Å². The Morgan fingerprint density at radius 2 is 2.16 bits per heavy atom. The molecular weight excluding hydrogens is 325 g/mol. The maximum Gasteiger partial charge on any atom is 0.450 e. The van der Waals surface area contributed by atoms with E-state index in [4.69, 9.17) is 11.3 Å². The number of halogens is 4. The third-order valence-corrected chi connectivity index (χ3v) is 3.35. The van der Waals surface area contributed by atoms with Crippen LogP contribution in [0.15, 0.2) is 24.0 Å². The zero-order chi connectivity index (χ0) is 14.2. The van der Waals surface area contributed by atoms with E-state index in [1.165, 1.54) is 12.2 Å². The topological polar surface area (TPSA) is 68.9 Å². The molecule has 0 unspecified atom stereocenters. The number of aromatic nitrogens is 1. The molecule has 0 radical (unpaired) electrons. The summed E-state index contributed by atoms with van der Waals surface area (Å²) in [5.41, 5.74) is 0.123. The molecule has 0 aliphatic heterocycles. The van der Waals surface area contributed by atoms with Gasteiger partial charge in [0.1, 0.15) is 0 Å². The number of hydrogen-bond donors (Lipinski definition) is 3. The highest BCUT2D eigenvalue weighted by Crippen LogP contribution is 2.21. The van der Waals surface area contributed by atoms with Gasteiger partial charge in [0.2, 0.25) is 5.84 Å². The smallest absolute Gasteiger partial charge is 0.361 e. The number of alkyl halides is 3. The Kier molecular flexibility index (Phi) is 3.55. The molecule has 4 nitrogen and oxygen atoms in total. The Labute approximate surface area is 114 Å². The lowest BCUT2D eigenvalue weighted by atomic mass is 10.3. The molecule has 1 aliphatic rings. The van der Waals surface area contributed by atoms with Gasteiger partial charge in [-0.3, -0.25) is 10.4 Å². The molecule has 4 N–H and O–H groups in total. The van der Waals surface area contributed by atoms with Crippen LogP contribution in [-0.4, -0.2) is 22.0 Å². The first-order valence-electron chi connectivity index (χ1n) is 5.25. The summed E-state index contributed by atoms with van der Waals surface area (Å²) in [4.78, 5) is 2.98. The minimum Gasteiger partial charge on any atom is -0.361 e. The summed E-state index contributed by atoms with van der Waals surface area (Å²) in [6, 6.07) is 1.72. The molecule has 0 aromatic carbocycles. The fraction of sp³-hybridized carbons (Fsp3) is 0.182. The van der Waals surface area contributed by atoms with Crippen LogP contribution in [-0.2, 0) is 0 Å². The fourth-order valence-electron chi connectivity index (χ4n) is 1.68. The van der Waals surface area contributed by atoms with Crippen LogP contribution in [0, 0.1) is 5.41 Å². The molecule has 0 amide bonds. The molecule has 19 heavy (non-hydrogen) atoms. The normalized spacial score (nSPS) is 15.2. The number of allylic oxidation sites excluding steroid dienone is 2. The molecular formula is C11H10BrF3N4. The monoisotopic (exact) mass is 334 g/mol. The summed E-state index contributed by atoms with van der Waals surface area (Å²) >= 11 is 3.35. The summed E-state index contributed by atoms with van der Waals surface area (Å²) < 4.78 is 38.2. The molecule has 1 heterocycles. The van der Waals surface area contributed by atoms with Gasteiger partial charge in [-0.15, -0.1) is 0 Å². The Morgan fingerprint density at radius 3 is 2.79 bits per heavy atom. The van der Waals surface area contributed by atoms with Crippen LogP contribution in [0.3, 0.4) is 0 Å². The van der Waals surface area contributed by atoms with Gasteiger partial charge < -0.3 is 4.98 Å². The van der Waals surface area contributed by atoms with Crippen LogP contribution >= 0.6 is 15.9 Å². The minimum absolute atomic E-state index is 0.123. The van der Waals surface area contributed by atoms with E-state index < -0.39 is 12.0 Å². The number of rotatable bonds is 1. The molecule has 0 atom stereocenters. The van der Waals surface area contributed by atoms with Crippen molar-refractivity contribution in [1.82, 2.24) is 9.99 Å². The van der Waals surface area contributed by atoms with E-state index in [-0.39, 0.29) is 5.70 Å². The molecule has 2 rings (SSSR count). The number of fused-ring (bicyclic) bond motifs is 1. The number of hydrogen-bond acceptors (Lipinski definition) is 2. The quantitative estimate of drug-likeness (QED) is 0.313. The second-order valence-corrected chi connectivity index (χ2v) is 4.86. The molecule has 1 aliphatic carbocycles.